The highest BCUT2D eigenvalue weighted by atomic mass is 16.3. The van der Waals surface area contributed by atoms with Gasteiger partial charge < -0.3 is 10.0 Å². The molecule has 1 aromatic heterocycles. The molecule has 1 fully saturated rings. The molecule has 2 aromatic rings. The molecule has 1 unspecified atom stereocenters. The van der Waals surface area contributed by atoms with Gasteiger partial charge in [-0.15, -0.1) is 0 Å². The molecule has 0 spiro atoms. The summed E-state index contributed by atoms with van der Waals surface area (Å²) in [4.78, 5) is 9.58. The largest absolute Gasteiger partial charge is 0.392 e. The van der Waals surface area contributed by atoms with Gasteiger partial charge in [0.05, 0.1) is 11.6 Å². The monoisotopic (exact) mass is 313 g/mol. The number of anilines is 1. The van der Waals surface area contributed by atoms with E-state index in [1.165, 1.54) is 11.1 Å². The van der Waals surface area contributed by atoms with Crippen LogP contribution in [0.25, 0.3) is 10.9 Å². The van der Waals surface area contributed by atoms with Crippen molar-refractivity contribution < 1.29 is 5.11 Å². The first-order chi connectivity index (χ1) is 11.2. The number of hydrogen-bond acceptors (Lipinski definition) is 4. The maximum atomic E-state index is 9.84. The van der Waals surface area contributed by atoms with Crippen molar-refractivity contribution in [3.8, 4) is 0 Å². The van der Waals surface area contributed by atoms with Gasteiger partial charge in [-0.25, -0.2) is 0 Å². The molecule has 1 aromatic carbocycles. The van der Waals surface area contributed by atoms with Crippen LogP contribution in [0.1, 0.15) is 26.0 Å². The number of para-hydroxylation sites is 1. The number of aliphatic hydroxyl groups is 1. The zero-order chi connectivity index (χ0) is 16.2. The number of hydrogen-bond donors (Lipinski definition) is 1. The van der Waals surface area contributed by atoms with Crippen LogP contribution in [0.4, 0.5) is 5.69 Å². The van der Waals surface area contributed by atoms with E-state index in [2.05, 4.69) is 47.1 Å². The van der Waals surface area contributed by atoms with E-state index < -0.39 is 0 Å². The van der Waals surface area contributed by atoms with Crippen LogP contribution in [0.3, 0.4) is 0 Å². The van der Waals surface area contributed by atoms with Gasteiger partial charge in [0, 0.05) is 49.5 Å². The van der Waals surface area contributed by atoms with Crippen molar-refractivity contribution in [3.05, 3.63) is 36.0 Å². The maximum absolute atomic E-state index is 9.84. The predicted octanol–water partition coefficient (Wildman–Crippen LogP) is 2.69. The topological polar surface area (TPSA) is 39.6 Å². The molecular formula is C19H27N3O. The van der Waals surface area contributed by atoms with Crippen molar-refractivity contribution in [2.45, 2.75) is 32.8 Å². The smallest absolute Gasteiger partial charge is 0.0726 e. The Bertz CT molecular complexity index is 650. The lowest BCUT2D eigenvalue weighted by molar-refractivity contribution is 0.106. The van der Waals surface area contributed by atoms with Crippen LogP contribution in [-0.4, -0.2) is 53.8 Å². The van der Waals surface area contributed by atoms with Crippen molar-refractivity contribution in [2.24, 2.45) is 0 Å². The molecule has 0 saturated carbocycles. The Labute approximate surface area is 138 Å². The second kappa shape index (κ2) is 7.28. The van der Waals surface area contributed by atoms with Gasteiger partial charge in [-0.2, -0.15) is 0 Å². The van der Waals surface area contributed by atoms with Crippen LogP contribution in [-0.2, 0) is 6.42 Å². The Balaban J connectivity index is 1.79. The summed E-state index contributed by atoms with van der Waals surface area (Å²) in [6, 6.07) is 10.7. The third-order valence-corrected chi connectivity index (χ3v) is 4.76. The standard InChI is InChI=1S/C19H27N3O/c1-3-15-13-19(17-7-5-6-8-18(17)20-15)22-11-9-21(10-12-22)14-16(23)4-2/h5-8,13,16,23H,3-4,9-12,14H2,1-2H3. The molecule has 1 N–H and O–H groups in total. The van der Waals surface area contributed by atoms with Gasteiger partial charge in [0.1, 0.15) is 0 Å². The maximum Gasteiger partial charge on any atom is 0.0726 e. The molecule has 1 atom stereocenters. The molecule has 0 radical (unpaired) electrons. The molecule has 1 saturated heterocycles. The summed E-state index contributed by atoms with van der Waals surface area (Å²) in [7, 11) is 0. The number of aryl methyl sites for hydroxylation is 1. The van der Waals surface area contributed by atoms with E-state index in [9.17, 15) is 5.11 Å². The Morgan fingerprint density at radius 3 is 2.57 bits per heavy atom. The molecule has 4 nitrogen and oxygen atoms in total. The molecule has 2 heterocycles. The van der Waals surface area contributed by atoms with E-state index in [0.717, 1.165) is 56.8 Å². The number of nitrogens with zero attached hydrogens (tertiary/aromatic N) is 3. The van der Waals surface area contributed by atoms with Crippen molar-refractivity contribution >= 4 is 16.6 Å². The Morgan fingerprint density at radius 2 is 1.87 bits per heavy atom. The van der Waals surface area contributed by atoms with E-state index >= 15 is 0 Å². The first-order valence-electron chi connectivity index (χ1n) is 8.75. The quantitative estimate of drug-likeness (QED) is 0.921. The first-order valence-corrected chi connectivity index (χ1v) is 8.75. The van der Waals surface area contributed by atoms with Crippen LogP contribution < -0.4 is 4.90 Å². The highest BCUT2D eigenvalue weighted by Crippen LogP contribution is 2.28. The summed E-state index contributed by atoms with van der Waals surface area (Å²) in [5.74, 6) is 0. The van der Waals surface area contributed by atoms with E-state index in [-0.39, 0.29) is 6.10 Å². The number of aromatic nitrogens is 1. The van der Waals surface area contributed by atoms with Gasteiger partial charge in [0.15, 0.2) is 0 Å². The molecule has 124 valence electrons. The van der Waals surface area contributed by atoms with Gasteiger partial charge in [0.2, 0.25) is 0 Å². The van der Waals surface area contributed by atoms with Crippen LogP contribution in [0.15, 0.2) is 30.3 Å². The van der Waals surface area contributed by atoms with Gasteiger partial charge in [-0.05, 0) is 25.0 Å². The van der Waals surface area contributed by atoms with E-state index in [4.69, 9.17) is 4.98 Å². The first kappa shape index (κ1) is 16.2. The molecule has 1 aliphatic rings. The SMILES string of the molecule is CCc1cc(N2CCN(CC(O)CC)CC2)c2ccccc2n1. The number of aliphatic hydroxyl groups excluding tert-OH is 1. The highest BCUT2D eigenvalue weighted by Gasteiger charge is 2.20. The fourth-order valence-corrected chi connectivity index (χ4v) is 3.25. The molecule has 23 heavy (non-hydrogen) atoms. The second-order valence-electron chi connectivity index (χ2n) is 6.35. The number of rotatable bonds is 5. The summed E-state index contributed by atoms with van der Waals surface area (Å²) >= 11 is 0. The average molecular weight is 313 g/mol. The molecule has 1 aliphatic heterocycles. The average Bonchev–Trinajstić information content (AvgIpc) is 2.61. The summed E-state index contributed by atoms with van der Waals surface area (Å²) < 4.78 is 0. The fourth-order valence-electron chi connectivity index (χ4n) is 3.25. The molecule has 0 aliphatic carbocycles. The van der Waals surface area contributed by atoms with Gasteiger partial charge in [0.25, 0.3) is 0 Å². The van der Waals surface area contributed by atoms with Gasteiger partial charge in [-0.1, -0.05) is 32.0 Å². The molecule has 3 rings (SSSR count). The van der Waals surface area contributed by atoms with Crippen molar-refractivity contribution in [3.63, 3.8) is 0 Å². The lowest BCUT2D eigenvalue weighted by Gasteiger charge is -2.37. The number of fused-ring (bicyclic) bond motifs is 1. The third kappa shape index (κ3) is 3.65. The van der Waals surface area contributed by atoms with Crippen molar-refractivity contribution in [1.82, 2.24) is 9.88 Å². The minimum atomic E-state index is -0.199. The zero-order valence-electron chi connectivity index (χ0n) is 14.2. The fraction of sp³-hybridized carbons (Fsp3) is 0.526. The summed E-state index contributed by atoms with van der Waals surface area (Å²) in [6.07, 6.45) is 1.59. The minimum absolute atomic E-state index is 0.199. The zero-order valence-corrected chi connectivity index (χ0v) is 14.2. The minimum Gasteiger partial charge on any atom is -0.392 e. The highest BCUT2D eigenvalue weighted by molar-refractivity contribution is 5.92. The molecular weight excluding hydrogens is 286 g/mol. The molecule has 0 bridgehead atoms. The van der Waals surface area contributed by atoms with Crippen molar-refractivity contribution in [1.29, 1.82) is 0 Å². The third-order valence-electron chi connectivity index (χ3n) is 4.76. The lowest BCUT2D eigenvalue weighted by Crippen LogP contribution is -2.48. The van der Waals surface area contributed by atoms with Crippen LogP contribution in [0.5, 0.6) is 0 Å². The van der Waals surface area contributed by atoms with E-state index in [1.54, 1.807) is 0 Å². The van der Waals surface area contributed by atoms with Crippen molar-refractivity contribution in [2.75, 3.05) is 37.6 Å². The van der Waals surface area contributed by atoms with E-state index in [1.807, 2.05) is 6.92 Å². The predicted molar refractivity (Wildman–Crippen MR) is 96.1 cm³/mol. The van der Waals surface area contributed by atoms with Crippen LogP contribution in [0, 0.1) is 0 Å². The summed E-state index contributed by atoms with van der Waals surface area (Å²) in [5.41, 5.74) is 3.55. The van der Waals surface area contributed by atoms with Gasteiger partial charge >= 0.3 is 0 Å². The second-order valence-corrected chi connectivity index (χ2v) is 6.35. The Morgan fingerprint density at radius 1 is 1.13 bits per heavy atom. The van der Waals surface area contributed by atoms with E-state index in [0.29, 0.717) is 0 Å². The number of pyridine rings is 1. The number of benzene rings is 1. The van der Waals surface area contributed by atoms with Crippen LogP contribution >= 0.6 is 0 Å². The molecule has 4 heteroatoms. The Kier molecular flexibility index (Phi) is 5.13. The van der Waals surface area contributed by atoms with Gasteiger partial charge in [-0.3, -0.25) is 9.88 Å². The normalized spacial score (nSPS) is 17.6. The number of piperazine rings is 1. The lowest BCUT2D eigenvalue weighted by atomic mass is 10.1. The number of β-amino-alcohol motifs (C(OH)–C–C–N with tert-alkyl or cyclic N) is 1. The van der Waals surface area contributed by atoms with Crippen LogP contribution in [0.2, 0.25) is 0 Å². The summed E-state index contributed by atoms with van der Waals surface area (Å²) in [6.45, 7) is 9.02. The summed E-state index contributed by atoms with van der Waals surface area (Å²) in [5, 5.41) is 11.1. The molecule has 0 amide bonds. The Hall–Kier alpha value is -1.65.